The summed E-state index contributed by atoms with van der Waals surface area (Å²) in [7, 11) is 0. The van der Waals surface area contributed by atoms with Crippen LogP contribution in [0.25, 0.3) is 27.7 Å². The number of anilines is 1. The molecule has 138 valence electrons. The molecule has 1 saturated heterocycles. The van der Waals surface area contributed by atoms with Gasteiger partial charge in [0.1, 0.15) is 23.3 Å². The monoisotopic (exact) mass is 370 g/mol. The van der Waals surface area contributed by atoms with E-state index in [4.69, 9.17) is 4.42 Å². The number of benzene rings is 1. The van der Waals surface area contributed by atoms with Crippen LogP contribution < -0.4 is 4.90 Å². The van der Waals surface area contributed by atoms with Crippen LogP contribution in [0.2, 0.25) is 0 Å². The lowest BCUT2D eigenvalue weighted by Gasteiger charge is -2.32. The van der Waals surface area contributed by atoms with Crippen molar-refractivity contribution in [2.45, 2.75) is 18.8 Å². The molecule has 1 atom stereocenters. The highest BCUT2D eigenvalue weighted by Gasteiger charge is 2.28. The van der Waals surface area contributed by atoms with Crippen molar-refractivity contribution in [1.82, 2.24) is 24.6 Å². The van der Waals surface area contributed by atoms with Crippen molar-refractivity contribution in [3.63, 3.8) is 0 Å². The van der Waals surface area contributed by atoms with E-state index in [2.05, 4.69) is 29.5 Å². The van der Waals surface area contributed by atoms with Crippen LogP contribution in [0.5, 0.6) is 0 Å². The van der Waals surface area contributed by atoms with Crippen molar-refractivity contribution in [3.05, 3.63) is 60.8 Å². The summed E-state index contributed by atoms with van der Waals surface area (Å²) in [6.07, 6.45) is 5.82. The van der Waals surface area contributed by atoms with Crippen LogP contribution in [0.1, 0.15) is 24.6 Å². The maximum absolute atomic E-state index is 6.13. The summed E-state index contributed by atoms with van der Waals surface area (Å²) in [6, 6.07) is 14.0. The SMILES string of the molecule is c1ccc2c(c1)oc1c(N3CCCC(c4nnc5ccccn45)C3)ncnc12. The molecule has 28 heavy (non-hydrogen) atoms. The van der Waals surface area contributed by atoms with Crippen molar-refractivity contribution in [2.24, 2.45) is 0 Å². The third-order valence-corrected chi connectivity index (χ3v) is 5.57. The van der Waals surface area contributed by atoms with E-state index in [1.807, 2.05) is 48.7 Å². The third kappa shape index (κ3) is 2.29. The number of hydrogen-bond donors (Lipinski definition) is 0. The van der Waals surface area contributed by atoms with Gasteiger partial charge < -0.3 is 9.32 Å². The first kappa shape index (κ1) is 15.6. The number of pyridine rings is 1. The molecule has 6 rings (SSSR count). The predicted octanol–water partition coefficient (Wildman–Crippen LogP) is 3.80. The first-order chi connectivity index (χ1) is 13.9. The molecule has 1 aliphatic rings. The Hall–Kier alpha value is -3.48. The Labute approximate surface area is 160 Å². The number of para-hydroxylation sites is 1. The van der Waals surface area contributed by atoms with Crippen LogP contribution in [0, 0.1) is 0 Å². The van der Waals surface area contributed by atoms with Crippen LogP contribution in [0.4, 0.5) is 5.82 Å². The van der Waals surface area contributed by atoms with Crippen molar-refractivity contribution in [1.29, 1.82) is 0 Å². The molecule has 5 aromatic rings. The lowest BCUT2D eigenvalue weighted by molar-refractivity contribution is 0.484. The zero-order valence-electron chi connectivity index (χ0n) is 15.2. The zero-order chi connectivity index (χ0) is 18.5. The summed E-state index contributed by atoms with van der Waals surface area (Å²) in [5.41, 5.74) is 3.36. The van der Waals surface area contributed by atoms with E-state index >= 15 is 0 Å². The highest BCUT2D eigenvalue weighted by atomic mass is 16.3. The van der Waals surface area contributed by atoms with Gasteiger partial charge in [-0.25, -0.2) is 9.97 Å². The van der Waals surface area contributed by atoms with Gasteiger partial charge in [-0.05, 0) is 37.1 Å². The van der Waals surface area contributed by atoms with Gasteiger partial charge in [-0.2, -0.15) is 0 Å². The number of nitrogens with zero attached hydrogens (tertiary/aromatic N) is 6. The van der Waals surface area contributed by atoms with Gasteiger partial charge in [0.05, 0.1) is 0 Å². The van der Waals surface area contributed by atoms with E-state index in [1.165, 1.54) is 0 Å². The van der Waals surface area contributed by atoms with E-state index in [0.717, 1.165) is 65.3 Å². The van der Waals surface area contributed by atoms with Crippen molar-refractivity contribution < 1.29 is 4.42 Å². The smallest absolute Gasteiger partial charge is 0.196 e. The number of fused-ring (bicyclic) bond motifs is 4. The second kappa shape index (κ2) is 6.02. The molecule has 1 unspecified atom stereocenters. The second-order valence-electron chi connectivity index (χ2n) is 7.25. The maximum Gasteiger partial charge on any atom is 0.196 e. The summed E-state index contributed by atoms with van der Waals surface area (Å²) >= 11 is 0. The van der Waals surface area contributed by atoms with Gasteiger partial charge in [0.15, 0.2) is 17.0 Å². The second-order valence-corrected chi connectivity index (χ2v) is 7.25. The summed E-state index contributed by atoms with van der Waals surface area (Å²) in [6.45, 7) is 1.77. The lowest BCUT2D eigenvalue weighted by Crippen LogP contribution is -2.35. The number of piperidine rings is 1. The van der Waals surface area contributed by atoms with Crippen molar-refractivity contribution in [3.8, 4) is 0 Å². The molecule has 0 aliphatic carbocycles. The minimum Gasteiger partial charge on any atom is -0.450 e. The topological polar surface area (TPSA) is 72.4 Å². The van der Waals surface area contributed by atoms with E-state index in [-0.39, 0.29) is 0 Å². The van der Waals surface area contributed by atoms with Crippen LogP contribution in [0.3, 0.4) is 0 Å². The maximum atomic E-state index is 6.13. The van der Waals surface area contributed by atoms with Gasteiger partial charge in [-0.15, -0.1) is 10.2 Å². The van der Waals surface area contributed by atoms with Crippen molar-refractivity contribution in [2.75, 3.05) is 18.0 Å². The molecule has 1 aliphatic heterocycles. The predicted molar refractivity (Wildman–Crippen MR) is 106 cm³/mol. The van der Waals surface area contributed by atoms with Gasteiger partial charge in [0.2, 0.25) is 0 Å². The molecule has 7 heteroatoms. The zero-order valence-corrected chi connectivity index (χ0v) is 15.2. The third-order valence-electron chi connectivity index (χ3n) is 5.57. The number of furan rings is 1. The number of hydrogen-bond acceptors (Lipinski definition) is 6. The molecule has 0 spiro atoms. The first-order valence-corrected chi connectivity index (χ1v) is 9.55. The fourth-order valence-corrected chi connectivity index (χ4v) is 4.26. The molecular formula is C21H18N6O. The molecule has 7 nitrogen and oxygen atoms in total. The van der Waals surface area contributed by atoms with Crippen LogP contribution in [-0.4, -0.2) is 37.7 Å². The Balaban J connectivity index is 1.42. The molecule has 0 N–H and O–H groups in total. The van der Waals surface area contributed by atoms with Crippen LogP contribution >= 0.6 is 0 Å². The molecule has 1 fully saturated rings. The van der Waals surface area contributed by atoms with Crippen molar-refractivity contribution >= 4 is 33.5 Å². The highest BCUT2D eigenvalue weighted by Crippen LogP contribution is 2.35. The summed E-state index contributed by atoms with van der Waals surface area (Å²) < 4.78 is 8.22. The van der Waals surface area contributed by atoms with E-state index in [0.29, 0.717) is 5.92 Å². The van der Waals surface area contributed by atoms with Gasteiger partial charge >= 0.3 is 0 Å². The molecule has 5 heterocycles. The lowest BCUT2D eigenvalue weighted by atomic mass is 9.97. The fraction of sp³-hybridized carbons (Fsp3) is 0.238. The van der Waals surface area contributed by atoms with Gasteiger partial charge in [-0.1, -0.05) is 18.2 Å². The molecule has 0 saturated carbocycles. The average molecular weight is 370 g/mol. The standard InChI is InChI=1S/C21H18N6O/c1-2-8-16-15(7-1)18-19(28-16)21(23-13-22-18)26-10-5-6-14(12-26)20-25-24-17-9-3-4-11-27(17)20/h1-4,7-9,11,13-14H,5-6,10,12H2. The molecule has 4 aromatic heterocycles. The Bertz CT molecular complexity index is 1310. The van der Waals surface area contributed by atoms with Crippen LogP contribution in [-0.2, 0) is 0 Å². The normalized spacial score (nSPS) is 17.7. The molecular weight excluding hydrogens is 352 g/mol. The van der Waals surface area contributed by atoms with E-state index in [9.17, 15) is 0 Å². The minimum absolute atomic E-state index is 0.292. The minimum atomic E-state index is 0.292. The Morgan fingerprint density at radius 2 is 1.93 bits per heavy atom. The summed E-state index contributed by atoms with van der Waals surface area (Å²) in [5.74, 6) is 2.16. The fourth-order valence-electron chi connectivity index (χ4n) is 4.26. The average Bonchev–Trinajstić information content (AvgIpc) is 3.35. The first-order valence-electron chi connectivity index (χ1n) is 9.55. The quantitative estimate of drug-likeness (QED) is 0.471. The Morgan fingerprint density at radius 1 is 1.00 bits per heavy atom. The van der Waals surface area contributed by atoms with Crippen LogP contribution in [0.15, 0.2) is 59.4 Å². The van der Waals surface area contributed by atoms with Gasteiger partial charge in [-0.3, -0.25) is 4.40 Å². The molecule has 0 bridgehead atoms. The largest absolute Gasteiger partial charge is 0.450 e. The van der Waals surface area contributed by atoms with Gasteiger partial charge in [0, 0.05) is 30.6 Å². The highest BCUT2D eigenvalue weighted by molar-refractivity contribution is 6.05. The van der Waals surface area contributed by atoms with E-state index in [1.54, 1.807) is 6.33 Å². The van der Waals surface area contributed by atoms with Gasteiger partial charge in [0.25, 0.3) is 0 Å². The summed E-state index contributed by atoms with van der Waals surface area (Å²) in [5, 5.41) is 9.82. The molecule has 0 radical (unpaired) electrons. The Morgan fingerprint density at radius 3 is 2.93 bits per heavy atom. The van der Waals surface area contributed by atoms with E-state index < -0.39 is 0 Å². The molecule has 0 amide bonds. The number of aromatic nitrogens is 5. The Kier molecular flexibility index (Phi) is 3.35. The number of rotatable bonds is 2. The summed E-state index contributed by atoms with van der Waals surface area (Å²) in [4.78, 5) is 11.4. The molecule has 1 aromatic carbocycles.